The Morgan fingerprint density at radius 3 is 2.52 bits per heavy atom. The van der Waals surface area contributed by atoms with Gasteiger partial charge in [0.05, 0.1) is 17.6 Å². The SMILES string of the molecule is Cn1c(CN2CCC(c3cccc(OCc4ccc(C5CC5)cc4F)n3)CC2)nc2c(OC(F)F)cc(C(=O)O)cc21. The number of carboxylic acid groups (broad SMARTS) is 1. The Hall–Kier alpha value is -4.12. The third kappa shape index (κ3) is 6.06. The lowest BCUT2D eigenvalue weighted by molar-refractivity contribution is -0.0489. The third-order valence-corrected chi connectivity index (χ3v) is 8.12. The Morgan fingerprint density at radius 1 is 1.05 bits per heavy atom. The number of aryl methyl sites for hydroxylation is 1. The van der Waals surface area contributed by atoms with Gasteiger partial charge in [-0.3, -0.25) is 4.90 Å². The fraction of sp³-hybridized carbons (Fsp3) is 0.387. The van der Waals surface area contributed by atoms with Crippen LogP contribution in [0.4, 0.5) is 13.2 Å². The van der Waals surface area contributed by atoms with Crippen LogP contribution in [0.1, 0.15) is 70.5 Å². The predicted octanol–water partition coefficient (Wildman–Crippen LogP) is 6.24. The van der Waals surface area contributed by atoms with E-state index >= 15 is 0 Å². The van der Waals surface area contributed by atoms with Gasteiger partial charge in [-0.25, -0.2) is 19.2 Å². The quantitative estimate of drug-likeness (QED) is 0.237. The second kappa shape index (κ2) is 11.6. The van der Waals surface area contributed by atoms with Crippen LogP contribution in [0.15, 0.2) is 48.5 Å². The molecule has 1 saturated carbocycles. The van der Waals surface area contributed by atoms with Gasteiger partial charge in [-0.1, -0.05) is 18.2 Å². The van der Waals surface area contributed by atoms with Gasteiger partial charge in [0, 0.05) is 30.3 Å². The van der Waals surface area contributed by atoms with Gasteiger partial charge in [-0.15, -0.1) is 0 Å². The van der Waals surface area contributed by atoms with Crippen molar-refractivity contribution in [1.82, 2.24) is 19.4 Å². The maximum atomic E-state index is 14.5. The zero-order chi connectivity index (χ0) is 29.4. The molecular weight excluding hydrogens is 549 g/mol. The number of ether oxygens (including phenoxy) is 2. The molecule has 1 N–H and O–H groups in total. The van der Waals surface area contributed by atoms with Gasteiger partial charge in [0.25, 0.3) is 0 Å². The second-order valence-electron chi connectivity index (χ2n) is 11.0. The first-order chi connectivity index (χ1) is 20.2. The van der Waals surface area contributed by atoms with E-state index in [1.807, 2.05) is 18.2 Å². The Balaban J connectivity index is 1.09. The lowest BCUT2D eigenvalue weighted by Crippen LogP contribution is -2.33. The number of aromatic nitrogens is 3. The van der Waals surface area contributed by atoms with Gasteiger partial charge in [0.1, 0.15) is 23.8 Å². The number of benzene rings is 2. The molecule has 4 aromatic rings. The van der Waals surface area contributed by atoms with E-state index in [1.54, 1.807) is 29.8 Å². The molecule has 2 aromatic heterocycles. The lowest BCUT2D eigenvalue weighted by atomic mass is 9.93. The standard InChI is InChI=1S/C31H31F3N4O4/c1-37-25-14-22(30(39)40)15-26(42-31(33)34)29(25)36-27(37)16-38-11-9-19(10-12-38)24-3-2-4-28(35-24)41-17-21-8-7-20(13-23(21)32)18-5-6-18/h2-4,7-8,13-15,18-19,31H,5-6,9-12,16-17H2,1H3,(H,39,40). The predicted molar refractivity (Wildman–Crippen MR) is 149 cm³/mol. The van der Waals surface area contributed by atoms with Gasteiger partial charge in [-0.2, -0.15) is 8.78 Å². The number of nitrogens with zero attached hydrogens (tertiary/aromatic N) is 4. The molecule has 0 bridgehead atoms. The van der Waals surface area contributed by atoms with Crippen LogP contribution in [0.2, 0.25) is 0 Å². The highest BCUT2D eigenvalue weighted by Gasteiger charge is 2.26. The average molecular weight is 581 g/mol. The molecule has 11 heteroatoms. The van der Waals surface area contributed by atoms with Crippen LogP contribution in [0, 0.1) is 5.82 Å². The summed E-state index contributed by atoms with van der Waals surface area (Å²) in [7, 11) is 1.73. The normalized spacial score (nSPS) is 16.3. The molecule has 0 amide bonds. The summed E-state index contributed by atoms with van der Waals surface area (Å²) in [6.07, 6.45) is 3.95. The molecule has 8 nitrogen and oxygen atoms in total. The van der Waals surface area contributed by atoms with Crippen LogP contribution in [0.25, 0.3) is 11.0 Å². The smallest absolute Gasteiger partial charge is 0.387 e. The summed E-state index contributed by atoms with van der Waals surface area (Å²) in [5.74, 6) is 0.0618. The molecule has 1 saturated heterocycles. The molecule has 1 aliphatic heterocycles. The number of carbonyl (C=O) groups is 1. The van der Waals surface area contributed by atoms with Gasteiger partial charge in [0.15, 0.2) is 5.75 Å². The molecule has 1 aliphatic carbocycles. The number of pyridine rings is 1. The zero-order valence-electron chi connectivity index (χ0n) is 23.1. The summed E-state index contributed by atoms with van der Waals surface area (Å²) in [6, 6.07) is 13.5. The van der Waals surface area contributed by atoms with Gasteiger partial charge >= 0.3 is 12.6 Å². The van der Waals surface area contributed by atoms with Crippen molar-refractivity contribution in [1.29, 1.82) is 0 Å². The number of hydrogen-bond donors (Lipinski definition) is 1. The first-order valence-corrected chi connectivity index (χ1v) is 14.0. The highest BCUT2D eigenvalue weighted by Crippen LogP contribution is 2.40. The monoisotopic (exact) mass is 580 g/mol. The number of rotatable bonds is 10. The van der Waals surface area contributed by atoms with Crippen molar-refractivity contribution >= 4 is 17.0 Å². The number of hydrogen-bond acceptors (Lipinski definition) is 6. The molecule has 0 unspecified atom stereocenters. The maximum Gasteiger partial charge on any atom is 0.387 e. The third-order valence-electron chi connectivity index (χ3n) is 8.12. The molecule has 0 atom stereocenters. The van der Waals surface area contributed by atoms with Crippen LogP contribution in [-0.4, -0.2) is 50.2 Å². The van der Waals surface area contributed by atoms with Crippen molar-refractivity contribution in [3.8, 4) is 11.6 Å². The number of likely N-dealkylation sites (tertiary alicyclic amines) is 1. The summed E-state index contributed by atoms with van der Waals surface area (Å²) in [6.45, 7) is -0.989. The highest BCUT2D eigenvalue weighted by molar-refractivity contribution is 5.95. The van der Waals surface area contributed by atoms with Crippen LogP contribution >= 0.6 is 0 Å². The van der Waals surface area contributed by atoms with Crippen LogP contribution in [0.3, 0.4) is 0 Å². The summed E-state index contributed by atoms with van der Waals surface area (Å²) in [5.41, 5.74) is 2.95. The minimum absolute atomic E-state index is 0.113. The molecule has 6 rings (SSSR count). The summed E-state index contributed by atoms with van der Waals surface area (Å²) < 4.78 is 52.7. The van der Waals surface area contributed by atoms with E-state index in [4.69, 9.17) is 9.72 Å². The molecule has 0 spiro atoms. The van der Waals surface area contributed by atoms with E-state index in [1.165, 1.54) is 6.07 Å². The molecular formula is C31H31F3N4O4. The van der Waals surface area contributed by atoms with E-state index in [-0.39, 0.29) is 35.2 Å². The second-order valence-corrected chi connectivity index (χ2v) is 11.0. The number of piperidine rings is 1. The van der Waals surface area contributed by atoms with Gasteiger partial charge < -0.3 is 19.1 Å². The van der Waals surface area contributed by atoms with E-state index in [2.05, 4.69) is 14.6 Å². The average Bonchev–Trinajstić information content (AvgIpc) is 3.78. The van der Waals surface area contributed by atoms with Crippen molar-refractivity contribution in [2.45, 2.75) is 57.3 Å². The highest BCUT2D eigenvalue weighted by atomic mass is 19.3. The Kier molecular flexibility index (Phi) is 7.76. The fourth-order valence-corrected chi connectivity index (χ4v) is 5.58. The lowest BCUT2D eigenvalue weighted by Gasteiger charge is -2.31. The van der Waals surface area contributed by atoms with Crippen molar-refractivity contribution in [2.75, 3.05) is 13.1 Å². The molecule has 0 radical (unpaired) electrons. The molecule has 42 heavy (non-hydrogen) atoms. The topological polar surface area (TPSA) is 89.7 Å². The van der Waals surface area contributed by atoms with E-state index in [0.717, 1.165) is 56.1 Å². The van der Waals surface area contributed by atoms with Crippen LogP contribution in [0.5, 0.6) is 11.6 Å². The minimum Gasteiger partial charge on any atom is -0.478 e. The van der Waals surface area contributed by atoms with Crippen LogP contribution < -0.4 is 9.47 Å². The van der Waals surface area contributed by atoms with E-state index < -0.39 is 12.6 Å². The number of aromatic carboxylic acids is 1. The Labute approximate surface area is 240 Å². The number of carboxylic acids is 1. The Bertz CT molecular complexity index is 1610. The number of imidazole rings is 1. The summed E-state index contributed by atoms with van der Waals surface area (Å²) >= 11 is 0. The summed E-state index contributed by atoms with van der Waals surface area (Å²) in [5, 5.41) is 9.41. The van der Waals surface area contributed by atoms with E-state index in [9.17, 15) is 23.1 Å². The Morgan fingerprint density at radius 2 is 1.83 bits per heavy atom. The molecule has 220 valence electrons. The molecule has 2 fully saturated rings. The summed E-state index contributed by atoms with van der Waals surface area (Å²) in [4.78, 5) is 23.0. The van der Waals surface area contributed by atoms with Crippen LogP contribution in [-0.2, 0) is 20.2 Å². The van der Waals surface area contributed by atoms with Crippen molar-refractivity contribution in [3.05, 3.63) is 82.6 Å². The van der Waals surface area contributed by atoms with E-state index in [0.29, 0.717) is 35.2 Å². The number of alkyl halides is 2. The molecule has 2 aliphatic rings. The molecule has 3 heterocycles. The largest absolute Gasteiger partial charge is 0.478 e. The first kappa shape index (κ1) is 28.0. The van der Waals surface area contributed by atoms with Gasteiger partial charge in [0.2, 0.25) is 5.88 Å². The van der Waals surface area contributed by atoms with Gasteiger partial charge in [-0.05, 0) is 74.5 Å². The molecule has 2 aromatic carbocycles. The minimum atomic E-state index is -3.10. The number of fused-ring (bicyclic) bond motifs is 1. The van der Waals surface area contributed by atoms with Crippen molar-refractivity contribution in [3.63, 3.8) is 0 Å². The fourth-order valence-electron chi connectivity index (χ4n) is 5.58. The number of halogens is 3. The van der Waals surface area contributed by atoms with Crippen molar-refractivity contribution in [2.24, 2.45) is 7.05 Å². The van der Waals surface area contributed by atoms with Crippen molar-refractivity contribution < 1.29 is 32.5 Å². The first-order valence-electron chi connectivity index (χ1n) is 14.0. The zero-order valence-corrected chi connectivity index (χ0v) is 23.1. The maximum absolute atomic E-state index is 14.5.